The zero-order valence-corrected chi connectivity index (χ0v) is 18.3. The first-order valence-corrected chi connectivity index (χ1v) is 10.2. The normalized spacial score (nSPS) is 27.3. The van der Waals surface area contributed by atoms with E-state index in [1.807, 2.05) is 36.4 Å². The molecule has 0 saturated heterocycles. The molecule has 0 radical (unpaired) electrons. The lowest BCUT2D eigenvalue weighted by Crippen LogP contribution is -2.62. The van der Waals surface area contributed by atoms with Crippen LogP contribution >= 0.6 is 31.9 Å². The summed E-state index contributed by atoms with van der Waals surface area (Å²) in [5.41, 5.74) is 2.19. The first-order valence-electron chi connectivity index (χ1n) is 8.60. The fraction of sp³-hybridized carbons (Fsp3) is 0.200. The first-order chi connectivity index (χ1) is 13.3. The standard InChI is InChI=1S/C20H16Br2N4O2/c1-13-19(21,17(27)25(23-13)15-9-5-3-6-10-15)20(22)14(2)24-26(18(20)28)16-11-7-4-8-12-16/h3-12H,1-2H3. The van der Waals surface area contributed by atoms with Crippen molar-refractivity contribution in [2.24, 2.45) is 10.2 Å². The van der Waals surface area contributed by atoms with Crippen molar-refractivity contribution < 1.29 is 9.59 Å². The smallest absolute Gasteiger partial charge is 0.270 e. The molecule has 0 spiro atoms. The highest BCUT2D eigenvalue weighted by Crippen LogP contribution is 2.50. The van der Waals surface area contributed by atoms with E-state index < -0.39 is 8.65 Å². The van der Waals surface area contributed by atoms with Gasteiger partial charge in [0.1, 0.15) is 0 Å². The van der Waals surface area contributed by atoms with Gasteiger partial charge in [-0.25, -0.2) is 0 Å². The molecule has 2 atom stereocenters. The zero-order chi connectivity index (χ0) is 20.1. The molecule has 2 amide bonds. The molecule has 2 aliphatic heterocycles. The van der Waals surface area contributed by atoms with Gasteiger partial charge in [-0.3, -0.25) is 9.59 Å². The molecule has 2 aromatic rings. The molecule has 2 aromatic carbocycles. The summed E-state index contributed by atoms with van der Waals surface area (Å²) in [6, 6.07) is 18.2. The van der Waals surface area contributed by atoms with E-state index in [1.165, 1.54) is 10.0 Å². The van der Waals surface area contributed by atoms with Crippen LogP contribution in [0.1, 0.15) is 13.8 Å². The number of alkyl halides is 2. The van der Waals surface area contributed by atoms with Gasteiger partial charge in [-0.05, 0) is 38.1 Å². The van der Waals surface area contributed by atoms with E-state index in [1.54, 1.807) is 38.1 Å². The second-order valence-corrected chi connectivity index (χ2v) is 8.97. The maximum absolute atomic E-state index is 13.5. The summed E-state index contributed by atoms with van der Waals surface area (Å²) in [7, 11) is 0. The van der Waals surface area contributed by atoms with Gasteiger partial charge in [0.05, 0.1) is 22.8 Å². The van der Waals surface area contributed by atoms with E-state index in [-0.39, 0.29) is 11.8 Å². The van der Waals surface area contributed by atoms with Crippen molar-refractivity contribution in [3.05, 3.63) is 60.7 Å². The van der Waals surface area contributed by atoms with E-state index in [9.17, 15) is 9.59 Å². The number of benzene rings is 2. The van der Waals surface area contributed by atoms with E-state index >= 15 is 0 Å². The van der Waals surface area contributed by atoms with Crippen LogP contribution in [-0.4, -0.2) is 31.9 Å². The van der Waals surface area contributed by atoms with Crippen LogP contribution < -0.4 is 10.0 Å². The van der Waals surface area contributed by atoms with Crippen LogP contribution in [0.3, 0.4) is 0 Å². The van der Waals surface area contributed by atoms with Gasteiger partial charge in [-0.15, -0.1) is 0 Å². The molecule has 2 unspecified atom stereocenters. The average molecular weight is 504 g/mol. The summed E-state index contributed by atoms with van der Waals surface area (Å²) in [6.45, 7) is 3.45. The number of hydrogen-bond donors (Lipinski definition) is 0. The van der Waals surface area contributed by atoms with E-state index in [4.69, 9.17) is 0 Å². The Bertz CT molecular complexity index is 942. The van der Waals surface area contributed by atoms with E-state index in [0.717, 1.165) is 0 Å². The lowest BCUT2D eigenvalue weighted by molar-refractivity contribution is -0.124. The quantitative estimate of drug-likeness (QED) is 0.592. The fourth-order valence-electron chi connectivity index (χ4n) is 3.41. The van der Waals surface area contributed by atoms with Crippen molar-refractivity contribution in [2.45, 2.75) is 22.5 Å². The Kier molecular flexibility index (Phi) is 4.50. The molecule has 8 heteroatoms. The number of para-hydroxylation sites is 2. The lowest BCUT2D eigenvalue weighted by atomic mass is 9.84. The fourth-order valence-corrected chi connectivity index (χ4v) is 4.82. The van der Waals surface area contributed by atoms with Gasteiger partial charge >= 0.3 is 0 Å². The summed E-state index contributed by atoms with van der Waals surface area (Å²) in [4.78, 5) is 26.9. The number of nitrogens with zero attached hydrogens (tertiary/aromatic N) is 4. The monoisotopic (exact) mass is 502 g/mol. The van der Waals surface area contributed by atoms with Gasteiger partial charge in [-0.1, -0.05) is 68.3 Å². The van der Waals surface area contributed by atoms with Gasteiger partial charge in [0.15, 0.2) is 8.65 Å². The van der Waals surface area contributed by atoms with Gasteiger partial charge in [0.25, 0.3) is 11.8 Å². The lowest BCUT2D eigenvalue weighted by Gasteiger charge is -2.34. The number of hydrogen-bond acceptors (Lipinski definition) is 4. The summed E-state index contributed by atoms with van der Waals surface area (Å²) < 4.78 is -2.80. The predicted molar refractivity (Wildman–Crippen MR) is 117 cm³/mol. The van der Waals surface area contributed by atoms with E-state index in [2.05, 4.69) is 42.1 Å². The molecule has 0 bridgehead atoms. The molecule has 0 aliphatic carbocycles. The zero-order valence-electron chi connectivity index (χ0n) is 15.1. The minimum atomic E-state index is -1.40. The van der Waals surface area contributed by atoms with Crippen LogP contribution in [0.5, 0.6) is 0 Å². The Morgan fingerprint density at radius 3 is 1.32 bits per heavy atom. The Morgan fingerprint density at radius 1 is 0.679 bits per heavy atom. The molecule has 0 fully saturated rings. The second-order valence-electron chi connectivity index (χ2n) is 6.59. The van der Waals surface area contributed by atoms with Crippen LogP contribution in [0.4, 0.5) is 11.4 Å². The number of hydrazone groups is 2. The predicted octanol–water partition coefficient (Wildman–Crippen LogP) is 4.10. The molecule has 2 aliphatic rings. The van der Waals surface area contributed by atoms with Crippen molar-refractivity contribution >= 4 is 66.5 Å². The Balaban J connectivity index is 1.78. The Morgan fingerprint density at radius 2 is 1.00 bits per heavy atom. The van der Waals surface area contributed by atoms with Crippen molar-refractivity contribution in [3.63, 3.8) is 0 Å². The van der Waals surface area contributed by atoms with Crippen LogP contribution in [0.2, 0.25) is 0 Å². The molecule has 6 nitrogen and oxygen atoms in total. The summed E-state index contributed by atoms with van der Waals surface area (Å²) in [6.07, 6.45) is 0. The highest BCUT2D eigenvalue weighted by atomic mass is 79.9. The number of anilines is 2. The van der Waals surface area contributed by atoms with Gasteiger partial charge in [0, 0.05) is 0 Å². The first kappa shape index (κ1) is 19.0. The maximum atomic E-state index is 13.5. The molecule has 0 saturated carbocycles. The number of amides is 2. The minimum absolute atomic E-state index is 0.356. The highest BCUT2D eigenvalue weighted by molar-refractivity contribution is 9.13. The highest BCUT2D eigenvalue weighted by Gasteiger charge is 2.69. The van der Waals surface area contributed by atoms with Crippen LogP contribution in [0.25, 0.3) is 0 Å². The minimum Gasteiger partial charge on any atom is -0.270 e. The molecule has 0 aromatic heterocycles. The topological polar surface area (TPSA) is 65.3 Å². The third-order valence-corrected chi connectivity index (χ3v) is 8.50. The molecule has 4 rings (SSSR count). The van der Waals surface area contributed by atoms with Gasteiger partial charge in [0.2, 0.25) is 0 Å². The number of carbonyl (C=O) groups excluding carboxylic acids is 2. The molecule has 142 valence electrons. The van der Waals surface area contributed by atoms with E-state index in [0.29, 0.717) is 22.8 Å². The second kappa shape index (κ2) is 6.63. The largest absolute Gasteiger partial charge is 0.272 e. The van der Waals surface area contributed by atoms with Gasteiger partial charge < -0.3 is 0 Å². The molecule has 2 heterocycles. The van der Waals surface area contributed by atoms with Crippen LogP contribution in [0.15, 0.2) is 70.9 Å². The summed E-state index contributed by atoms with van der Waals surface area (Å²) >= 11 is 7.16. The SMILES string of the molecule is CC1=NN(c2ccccc2)C(=O)C1(Br)C1(Br)C(=O)N(c2ccccc2)N=C1C. The molecular weight excluding hydrogens is 488 g/mol. The summed E-state index contributed by atoms with van der Waals surface area (Å²) in [5, 5.41) is 11.5. The number of rotatable bonds is 3. The van der Waals surface area contributed by atoms with Crippen LogP contribution in [0, 0.1) is 0 Å². The number of carbonyl (C=O) groups is 2. The van der Waals surface area contributed by atoms with Gasteiger partial charge in [-0.2, -0.15) is 20.2 Å². The maximum Gasteiger partial charge on any atom is 0.272 e. The van der Waals surface area contributed by atoms with Crippen molar-refractivity contribution in [1.82, 2.24) is 0 Å². The molecule has 0 N–H and O–H groups in total. The van der Waals surface area contributed by atoms with Crippen LogP contribution in [-0.2, 0) is 9.59 Å². The number of halogens is 2. The average Bonchev–Trinajstić information content (AvgIpc) is 3.10. The Hall–Kier alpha value is -2.32. The molecular formula is C20H16Br2N4O2. The van der Waals surface area contributed by atoms with Crippen molar-refractivity contribution in [1.29, 1.82) is 0 Å². The molecule has 28 heavy (non-hydrogen) atoms. The third-order valence-electron chi connectivity index (χ3n) is 4.95. The van der Waals surface area contributed by atoms with Crippen molar-refractivity contribution in [3.8, 4) is 0 Å². The summed E-state index contributed by atoms with van der Waals surface area (Å²) in [5.74, 6) is -0.711. The third kappa shape index (κ3) is 2.44. The van der Waals surface area contributed by atoms with Crippen molar-refractivity contribution in [2.75, 3.05) is 10.0 Å². The Labute approximate surface area is 179 Å².